The van der Waals surface area contributed by atoms with Crippen LogP contribution in [0.4, 0.5) is 0 Å². The molecule has 0 amide bonds. The average molecular weight is 247 g/mol. The third kappa shape index (κ3) is 1.49. The topological polar surface area (TPSA) is 55.5 Å². The summed E-state index contributed by atoms with van der Waals surface area (Å²) in [6.45, 7) is 6.57. The normalized spacial score (nSPS) is 18.9. The maximum Gasteiger partial charge on any atom is 0.192 e. The van der Waals surface area contributed by atoms with Crippen LogP contribution in [0.15, 0.2) is 22.6 Å². The van der Waals surface area contributed by atoms with E-state index >= 15 is 0 Å². The van der Waals surface area contributed by atoms with E-state index in [0.717, 1.165) is 16.7 Å². The minimum absolute atomic E-state index is 0.339. The van der Waals surface area contributed by atoms with E-state index in [0.29, 0.717) is 19.1 Å². The molecule has 2 heterocycles. The van der Waals surface area contributed by atoms with Gasteiger partial charge in [-0.1, -0.05) is 6.07 Å². The molecule has 0 atom stereocenters. The van der Waals surface area contributed by atoms with E-state index in [2.05, 4.69) is 4.98 Å². The number of aryl methyl sites for hydroxylation is 1. The van der Waals surface area contributed by atoms with E-state index in [1.54, 1.807) is 0 Å². The van der Waals surface area contributed by atoms with Crippen LogP contribution < -0.4 is 0 Å². The summed E-state index contributed by atoms with van der Waals surface area (Å²) >= 11 is 0. The van der Waals surface area contributed by atoms with Crippen molar-refractivity contribution in [3.8, 4) is 0 Å². The van der Waals surface area contributed by atoms with Crippen molar-refractivity contribution in [2.24, 2.45) is 0 Å². The molecule has 0 saturated carbocycles. The zero-order chi connectivity index (χ0) is 13.0. The van der Waals surface area contributed by atoms with Crippen molar-refractivity contribution in [3.63, 3.8) is 0 Å². The molecule has 0 unspecified atom stereocenters. The zero-order valence-corrected chi connectivity index (χ0v) is 10.9. The number of hydrogen-bond donors (Lipinski definition) is 1. The summed E-state index contributed by atoms with van der Waals surface area (Å²) in [6.07, 6.45) is 0. The van der Waals surface area contributed by atoms with Gasteiger partial charge in [-0.05, 0) is 31.5 Å². The third-order valence-electron chi connectivity index (χ3n) is 3.92. The van der Waals surface area contributed by atoms with Gasteiger partial charge in [-0.25, -0.2) is 4.98 Å². The SMILES string of the molecule is Cc1nc2cc(C3(C(C)(C)O)COC3)ccc2o1. The molecule has 0 bridgehead atoms. The van der Waals surface area contributed by atoms with Crippen LogP contribution in [0.2, 0.25) is 0 Å². The molecule has 96 valence electrons. The largest absolute Gasteiger partial charge is 0.441 e. The van der Waals surface area contributed by atoms with Crippen molar-refractivity contribution in [1.82, 2.24) is 4.98 Å². The maximum absolute atomic E-state index is 10.4. The fourth-order valence-corrected chi connectivity index (χ4v) is 2.52. The Morgan fingerprint density at radius 2 is 2.06 bits per heavy atom. The van der Waals surface area contributed by atoms with E-state index < -0.39 is 5.60 Å². The average Bonchev–Trinajstić information content (AvgIpc) is 2.52. The molecule has 1 saturated heterocycles. The monoisotopic (exact) mass is 247 g/mol. The molecule has 4 nitrogen and oxygen atoms in total. The van der Waals surface area contributed by atoms with Gasteiger partial charge in [0.1, 0.15) is 5.52 Å². The van der Waals surface area contributed by atoms with E-state index in [9.17, 15) is 5.11 Å². The molecule has 1 aromatic heterocycles. The lowest BCUT2D eigenvalue weighted by Crippen LogP contribution is -2.60. The van der Waals surface area contributed by atoms with Crippen molar-refractivity contribution in [2.45, 2.75) is 31.8 Å². The van der Waals surface area contributed by atoms with Crippen LogP contribution in [0.1, 0.15) is 25.3 Å². The molecule has 1 N–H and O–H groups in total. The Balaban J connectivity index is 2.13. The van der Waals surface area contributed by atoms with Crippen LogP contribution in [-0.2, 0) is 10.2 Å². The molecular weight excluding hydrogens is 230 g/mol. The highest BCUT2D eigenvalue weighted by molar-refractivity contribution is 5.74. The molecule has 18 heavy (non-hydrogen) atoms. The first-order chi connectivity index (χ1) is 8.42. The van der Waals surface area contributed by atoms with Gasteiger partial charge in [0.15, 0.2) is 11.5 Å². The van der Waals surface area contributed by atoms with Crippen molar-refractivity contribution in [2.75, 3.05) is 13.2 Å². The molecule has 2 aromatic rings. The number of hydrogen-bond acceptors (Lipinski definition) is 4. The van der Waals surface area contributed by atoms with Gasteiger partial charge in [0, 0.05) is 6.92 Å². The van der Waals surface area contributed by atoms with Gasteiger partial charge in [-0.2, -0.15) is 0 Å². The number of oxazole rings is 1. The standard InChI is InChI=1S/C14H17NO3/c1-9-15-11-6-10(4-5-12(11)18-9)14(7-17-8-14)13(2,3)16/h4-6,16H,7-8H2,1-3H3. The van der Waals surface area contributed by atoms with Gasteiger partial charge in [-0.3, -0.25) is 0 Å². The number of nitrogens with zero attached hydrogens (tertiary/aromatic N) is 1. The molecule has 0 aliphatic carbocycles. The third-order valence-corrected chi connectivity index (χ3v) is 3.92. The zero-order valence-electron chi connectivity index (χ0n) is 10.9. The van der Waals surface area contributed by atoms with Gasteiger partial charge < -0.3 is 14.3 Å². The van der Waals surface area contributed by atoms with Crippen LogP contribution in [0, 0.1) is 6.92 Å². The Morgan fingerprint density at radius 1 is 1.33 bits per heavy atom. The van der Waals surface area contributed by atoms with Crippen LogP contribution in [-0.4, -0.2) is 28.9 Å². The fourth-order valence-electron chi connectivity index (χ4n) is 2.52. The summed E-state index contributed by atoms with van der Waals surface area (Å²) in [4.78, 5) is 4.34. The van der Waals surface area contributed by atoms with Gasteiger partial charge in [-0.15, -0.1) is 0 Å². The Morgan fingerprint density at radius 3 is 2.61 bits per heavy atom. The first-order valence-electron chi connectivity index (χ1n) is 6.10. The lowest BCUT2D eigenvalue weighted by atomic mass is 9.67. The summed E-state index contributed by atoms with van der Waals surface area (Å²) in [5.74, 6) is 0.657. The Kier molecular flexibility index (Phi) is 2.31. The van der Waals surface area contributed by atoms with Crippen LogP contribution >= 0.6 is 0 Å². The smallest absolute Gasteiger partial charge is 0.192 e. The molecule has 0 spiro atoms. The Labute approximate surface area is 106 Å². The second-order valence-corrected chi connectivity index (χ2v) is 5.55. The number of rotatable bonds is 2. The Hall–Kier alpha value is -1.39. The minimum Gasteiger partial charge on any atom is -0.441 e. The van der Waals surface area contributed by atoms with Crippen molar-refractivity contribution in [1.29, 1.82) is 0 Å². The highest BCUT2D eigenvalue weighted by Crippen LogP contribution is 2.42. The molecule has 4 heteroatoms. The predicted molar refractivity (Wildman–Crippen MR) is 67.5 cm³/mol. The number of aromatic nitrogens is 1. The number of benzene rings is 1. The summed E-state index contributed by atoms with van der Waals surface area (Å²) in [5.41, 5.74) is 1.51. The first-order valence-corrected chi connectivity index (χ1v) is 6.10. The molecule has 1 aliphatic rings. The van der Waals surface area contributed by atoms with Gasteiger partial charge in [0.2, 0.25) is 0 Å². The molecule has 1 aliphatic heterocycles. The lowest BCUT2D eigenvalue weighted by molar-refractivity contribution is -0.157. The number of ether oxygens (including phenoxy) is 1. The van der Waals surface area contributed by atoms with E-state index in [1.165, 1.54) is 0 Å². The number of aliphatic hydroxyl groups is 1. The maximum atomic E-state index is 10.4. The van der Waals surface area contributed by atoms with Gasteiger partial charge >= 0.3 is 0 Å². The van der Waals surface area contributed by atoms with Gasteiger partial charge in [0.25, 0.3) is 0 Å². The summed E-state index contributed by atoms with van der Waals surface area (Å²) in [7, 11) is 0. The first kappa shape index (κ1) is 11.7. The van der Waals surface area contributed by atoms with Crippen molar-refractivity contribution in [3.05, 3.63) is 29.7 Å². The summed E-state index contributed by atoms with van der Waals surface area (Å²) in [6, 6.07) is 5.90. The van der Waals surface area contributed by atoms with Crippen LogP contribution in [0.5, 0.6) is 0 Å². The summed E-state index contributed by atoms with van der Waals surface area (Å²) in [5, 5.41) is 10.4. The predicted octanol–water partition coefficient (Wildman–Crippen LogP) is 2.18. The fraction of sp³-hybridized carbons (Fsp3) is 0.500. The quantitative estimate of drug-likeness (QED) is 0.883. The van der Waals surface area contributed by atoms with Gasteiger partial charge in [0.05, 0.1) is 24.2 Å². The van der Waals surface area contributed by atoms with E-state index in [1.807, 2.05) is 39.0 Å². The van der Waals surface area contributed by atoms with E-state index in [-0.39, 0.29) is 5.41 Å². The summed E-state index contributed by atoms with van der Waals surface area (Å²) < 4.78 is 10.8. The molecular formula is C14H17NO3. The van der Waals surface area contributed by atoms with Crippen LogP contribution in [0.3, 0.4) is 0 Å². The van der Waals surface area contributed by atoms with Crippen LogP contribution in [0.25, 0.3) is 11.1 Å². The second-order valence-electron chi connectivity index (χ2n) is 5.55. The molecule has 1 fully saturated rings. The lowest BCUT2D eigenvalue weighted by Gasteiger charge is -2.50. The molecule has 3 rings (SSSR count). The minimum atomic E-state index is -0.822. The van der Waals surface area contributed by atoms with E-state index in [4.69, 9.17) is 9.15 Å². The second kappa shape index (κ2) is 3.56. The van der Waals surface area contributed by atoms with Crippen molar-refractivity contribution >= 4 is 11.1 Å². The van der Waals surface area contributed by atoms with Crippen molar-refractivity contribution < 1.29 is 14.3 Å². The molecule has 0 radical (unpaired) electrons. The molecule has 1 aromatic carbocycles. The highest BCUT2D eigenvalue weighted by Gasteiger charge is 2.51. The Bertz CT molecular complexity index is 591. The number of fused-ring (bicyclic) bond motifs is 1. The highest BCUT2D eigenvalue weighted by atomic mass is 16.5.